The molecule has 0 aliphatic heterocycles. The average molecular weight is 335 g/mol. The molecule has 0 unspecified atom stereocenters. The highest BCUT2D eigenvalue weighted by Crippen LogP contribution is 2.32. The Bertz CT molecular complexity index is 815. The third-order valence-corrected chi connectivity index (χ3v) is 4.06. The van der Waals surface area contributed by atoms with Gasteiger partial charge < -0.3 is 15.4 Å². The van der Waals surface area contributed by atoms with E-state index in [1.54, 1.807) is 0 Å². The molecule has 0 bridgehead atoms. The number of aromatic nitrogens is 1. The van der Waals surface area contributed by atoms with Gasteiger partial charge in [-0.15, -0.1) is 0 Å². The maximum absolute atomic E-state index is 5.87. The molecule has 2 N–H and O–H groups in total. The van der Waals surface area contributed by atoms with E-state index in [1.807, 2.05) is 31.3 Å². The van der Waals surface area contributed by atoms with E-state index in [0.717, 1.165) is 47.5 Å². The fourth-order valence-corrected chi connectivity index (χ4v) is 2.76. The summed E-state index contributed by atoms with van der Waals surface area (Å²) in [7, 11) is 0. The van der Waals surface area contributed by atoms with Crippen LogP contribution >= 0.6 is 0 Å². The van der Waals surface area contributed by atoms with E-state index >= 15 is 0 Å². The fourth-order valence-electron chi connectivity index (χ4n) is 2.76. The smallest absolute Gasteiger partial charge is 0.153 e. The number of aryl methyl sites for hydroxylation is 1. The fraction of sp³-hybridized carbons (Fsp3) is 0.286. The Morgan fingerprint density at radius 1 is 0.960 bits per heavy atom. The number of nitrogens with one attached hydrogen (secondary N) is 2. The van der Waals surface area contributed by atoms with Gasteiger partial charge in [-0.2, -0.15) is 0 Å². The van der Waals surface area contributed by atoms with Crippen molar-refractivity contribution in [3.63, 3.8) is 0 Å². The van der Waals surface area contributed by atoms with Gasteiger partial charge in [-0.1, -0.05) is 29.8 Å². The minimum Gasteiger partial charge on any atom is -0.491 e. The van der Waals surface area contributed by atoms with E-state index < -0.39 is 0 Å². The van der Waals surface area contributed by atoms with E-state index in [1.165, 1.54) is 5.56 Å². The van der Waals surface area contributed by atoms with Crippen molar-refractivity contribution < 1.29 is 4.74 Å². The Morgan fingerprint density at radius 3 is 2.52 bits per heavy atom. The molecule has 1 heterocycles. The van der Waals surface area contributed by atoms with Crippen LogP contribution in [-0.2, 0) is 0 Å². The van der Waals surface area contributed by atoms with Crippen LogP contribution in [-0.4, -0.2) is 24.7 Å². The zero-order valence-electron chi connectivity index (χ0n) is 14.9. The summed E-state index contributed by atoms with van der Waals surface area (Å²) >= 11 is 0. The summed E-state index contributed by atoms with van der Waals surface area (Å²) in [5.74, 6) is 0.889. The maximum atomic E-state index is 5.87. The summed E-state index contributed by atoms with van der Waals surface area (Å²) in [5, 5.41) is 7.95. The van der Waals surface area contributed by atoms with Gasteiger partial charge in [0.25, 0.3) is 0 Å². The standard InChI is InChI=1S/C21H25N3O/c1-3-25-21-18-7-4-5-8-19(18)24-15-20(21)23-14-6-13-22-17-11-9-16(2)10-12-17/h4-5,7-12,15,22-23H,3,6,13-14H2,1-2H3. The lowest BCUT2D eigenvalue weighted by Crippen LogP contribution is -2.10. The Hall–Kier alpha value is -2.75. The summed E-state index contributed by atoms with van der Waals surface area (Å²) in [6, 6.07) is 16.5. The number of hydrogen-bond acceptors (Lipinski definition) is 4. The molecule has 2 aromatic carbocycles. The van der Waals surface area contributed by atoms with Crippen molar-refractivity contribution in [1.29, 1.82) is 0 Å². The van der Waals surface area contributed by atoms with E-state index in [9.17, 15) is 0 Å². The van der Waals surface area contributed by atoms with Gasteiger partial charge in [0.2, 0.25) is 0 Å². The molecule has 0 radical (unpaired) electrons. The number of anilines is 2. The number of fused-ring (bicyclic) bond motifs is 1. The Kier molecular flexibility index (Phi) is 5.73. The van der Waals surface area contributed by atoms with Gasteiger partial charge in [-0.25, -0.2) is 0 Å². The molecule has 0 aliphatic rings. The van der Waals surface area contributed by atoms with E-state index in [-0.39, 0.29) is 0 Å². The van der Waals surface area contributed by atoms with Gasteiger partial charge in [0.05, 0.1) is 24.0 Å². The molecule has 0 spiro atoms. The number of rotatable bonds is 8. The third-order valence-electron chi connectivity index (χ3n) is 4.06. The molecule has 130 valence electrons. The molecule has 0 amide bonds. The van der Waals surface area contributed by atoms with Crippen molar-refractivity contribution in [3.8, 4) is 5.75 Å². The first kappa shape index (κ1) is 17.1. The minimum atomic E-state index is 0.637. The summed E-state index contributed by atoms with van der Waals surface area (Å²) in [5.41, 5.74) is 4.35. The molecule has 3 aromatic rings. The van der Waals surface area contributed by atoms with Crippen molar-refractivity contribution in [3.05, 3.63) is 60.3 Å². The Balaban J connectivity index is 1.57. The second-order valence-electron chi connectivity index (χ2n) is 6.02. The number of pyridine rings is 1. The molecule has 25 heavy (non-hydrogen) atoms. The molecule has 0 saturated carbocycles. The summed E-state index contributed by atoms with van der Waals surface area (Å²) in [4.78, 5) is 4.52. The number of hydrogen-bond donors (Lipinski definition) is 2. The molecule has 0 atom stereocenters. The van der Waals surface area contributed by atoms with Crippen LogP contribution < -0.4 is 15.4 Å². The average Bonchev–Trinajstić information content (AvgIpc) is 2.64. The van der Waals surface area contributed by atoms with Crippen LogP contribution in [0.1, 0.15) is 18.9 Å². The number of ether oxygens (including phenoxy) is 1. The molecule has 3 rings (SSSR count). The van der Waals surface area contributed by atoms with E-state index in [0.29, 0.717) is 6.61 Å². The minimum absolute atomic E-state index is 0.637. The van der Waals surface area contributed by atoms with Crippen molar-refractivity contribution in [2.45, 2.75) is 20.3 Å². The number of para-hydroxylation sites is 1. The largest absolute Gasteiger partial charge is 0.491 e. The number of benzene rings is 2. The zero-order valence-corrected chi connectivity index (χ0v) is 14.9. The lowest BCUT2D eigenvalue weighted by Gasteiger charge is -2.14. The van der Waals surface area contributed by atoms with Crippen LogP contribution in [0.3, 0.4) is 0 Å². The van der Waals surface area contributed by atoms with Gasteiger partial charge in [0, 0.05) is 24.2 Å². The first-order chi connectivity index (χ1) is 12.3. The first-order valence-corrected chi connectivity index (χ1v) is 8.83. The molecule has 0 aliphatic carbocycles. The monoisotopic (exact) mass is 335 g/mol. The predicted octanol–water partition coefficient (Wildman–Crippen LogP) is 4.86. The predicted molar refractivity (Wildman–Crippen MR) is 106 cm³/mol. The SMILES string of the molecule is CCOc1c(NCCCNc2ccc(C)cc2)cnc2ccccc12. The van der Waals surface area contributed by atoms with E-state index in [4.69, 9.17) is 4.74 Å². The summed E-state index contributed by atoms with van der Waals surface area (Å²) < 4.78 is 5.87. The van der Waals surface area contributed by atoms with Crippen molar-refractivity contribution in [1.82, 2.24) is 4.98 Å². The molecular formula is C21H25N3O. The Morgan fingerprint density at radius 2 is 1.72 bits per heavy atom. The molecule has 4 heteroatoms. The van der Waals surface area contributed by atoms with Gasteiger partial charge in [0.1, 0.15) is 0 Å². The second-order valence-corrected chi connectivity index (χ2v) is 6.02. The Labute approximate surface area is 149 Å². The van der Waals surface area contributed by atoms with Crippen LogP contribution in [0.4, 0.5) is 11.4 Å². The van der Waals surface area contributed by atoms with Crippen LogP contribution in [0.15, 0.2) is 54.7 Å². The summed E-state index contributed by atoms with van der Waals surface area (Å²) in [6.45, 7) is 6.52. The van der Waals surface area contributed by atoms with E-state index in [2.05, 4.69) is 52.9 Å². The van der Waals surface area contributed by atoms with Gasteiger partial charge in [-0.3, -0.25) is 4.98 Å². The lowest BCUT2D eigenvalue weighted by molar-refractivity contribution is 0.345. The number of nitrogens with zero attached hydrogens (tertiary/aromatic N) is 1. The highest BCUT2D eigenvalue weighted by atomic mass is 16.5. The van der Waals surface area contributed by atoms with Crippen molar-refractivity contribution in [2.75, 3.05) is 30.3 Å². The highest BCUT2D eigenvalue weighted by molar-refractivity contribution is 5.90. The van der Waals surface area contributed by atoms with Crippen molar-refractivity contribution in [2.24, 2.45) is 0 Å². The van der Waals surface area contributed by atoms with Gasteiger partial charge in [0.15, 0.2) is 5.75 Å². The normalized spacial score (nSPS) is 10.6. The van der Waals surface area contributed by atoms with Crippen molar-refractivity contribution >= 4 is 22.3 Å². The summed E-state index contributed by atoms with van der Waals surface area (Å²) in [6.07, 6.45) is 2.87. The molecule has 1 aromatic heterocycles. The van der Waals surface area contributed by atoms with Gasteiger partial charge >= 0.3 is 0 Å². The molecule has 0 fully saturated rings. The van der Waals surface area contributed by atoms with Crippen LogP contribution in [0.2, 0.25) is 0 Å². The molecule has 0 saturated heterocycles. The molecule has 4 nitrogen and oxygen atoms in total. The zero-order chi connectivity index (χ0) is 17.5. The van der Waals surface area contributed by atoms with Crippen LogP contribution in [0, 0.1) is 6.92 Å². The van der Waals surface area contributed by atoms with Gasteiger partial charge in [-0.05, 0) is 44.5 Å². The topological polar surface area (TPSA) is 46.2 Å². The first-order valence-electron chi connectivity index (χ1n) is 8.83. The second kappa shape index (κ2) is 8.38. The maximum Gasteiger partial charge on any atom is 0.153 e. The third kappa shape index (κ3) is 4.41. The lowest BCUT2D eigenvalue weighted by atomic mass is 10.2. The van der Waals surface area contributed by atoms with Crippen LogP contribution in [0.5, 0.6) is 5.75 Å². The molecular weight excluding hydrogens is 310 g/mol. The highest BCUT2D eigenvalue weighted by Gasteiger charge is 2.09. The quantitative estimate of drug-likeness (QED) is 0.577. The van der Waals surface area contributed by atoms with Crippen LogP contribution in [0.25, 0.3) is 10.9 Å².